The highest BCUT2D eigenvalue weighted by atomic mass is 32.1. The van der Waals surface area contributed by atoms with Gasteiger partial charge in [-0.15, -0.1) is 11.3 Å². The van der Waals surface area contributed by atoms with Crippen molar-refractivity contribution >= 4 is 28.9 Å². The van der Waals surface area contributed by atoms with Crippen LogP contribution in [0.5, 0.6) is 0 Å². The summed E-state index contributed by atoms with van der Waals surface area (Å²) in [6, 6.07) is 11.7. The second-order valence-corrected chi connectivity index (χ2v) is 10.1. The molecule has 2 aliphatic rings. The maximum atomic E-state index is 13.9. The summed E-state index contributed by atoms with van der Waals surface area (Å²) >= 11 is 1.25. The first-order valence-corrected chi connectivity index (χ1v) is 12.1. The van der Waals surface area contributed by atoms with E-state index in [1.807, 2.05) is 41.3 Å². The molecule has 2 aromatic rings. The highest BCUT2D eigenvalue weighted by Crippen LogP contribution is 2.42. The Labute approximate surface area is 188 Å². The fourth-order valence-corrected chi connectivity index (χ4v) is 6.10. The van der Waals surface area contributed by atoms with Crippen LogP contribution >= 0.6 is 11.3 Å². The Bertz CT molecular complexity index is 919. The third-order valence-corrected chi connectivity index (χ3v) is 7.93. The van der Waals surface area contributed by atoms with E-state index in [1.165, 1.54) is 11.3 Å². The highest BCUT2D eigenvalue weighted by molar-refractivity contribution is 7.18. The lowest BCUT2D eigenvalue weighted by molar-refractivity contribution is -0.126. The maximum Gasteiger partial charge on any atom is 0.348 e. The van der Waals surface area contributed by atoms with Crippen LogP contribution in [0.15, 0.2) is 36.4 Å². The van der Waals surface area contributed by atoms with Crippen molar-refractivity contribution in [3.8, 4) is 10.4 Å². The normalized spacial score (nSPS) is 24.6. The molecule has 31 heavy (non-hydrogen) atoms. The molecule has 0 spiro atoms. The summed E-state index contributed by atoms with van der Waals surface area (Å²) in [5, 5.41) is 10.00. The first-order chi connectivity index (χ1) is 15.0. The molecule has 1 aliphatic heterocycles. The quantitative estimate of drug-likeness (QED) is 0.646. The largest absolute Gasteiger partial charge is 0.477 e. The number of anilines is 1. The monoisotopic (exact) mass is 441 g/mol. The van der Waals surface area contributed by atoms with Crippen molar-refractivity contribution < 1.29 is 19.4 Å². The van der Waals surface area contributed by atoms with Gasteiger partial charge in [-0.3, -0.25) is 4.79 Å². The summed E-state index contributed by atoms with van der Waals surface area (Å²) in [6.45, 7) is 5.62. The van der Waals surface area contributed by atoms with E-state index in [1.54, 1.807) is 0 Å². The zero-order valence-corrected chi connectivity index (χ0v) is 19.1. The fraction of sp³-hybridized carbons (Fsp3) is 0.520. The number of benzene rings is 1. The molecule has 0 bridgehead atoms. The number of carbonyl (C=O) groups is 2. The lowest BCUT2D eigenvalue weighted by Gasteiger charge is -2.40. The zero-order valence-electron chi connectivity index (χ0n) is 18.3. The van der Waals surface area contributed by atoms with Crippen molar-refractivity contribution in [2.45, 2.75) is 52.0 Å². The molecule has 2 heterocycles. The van der Waals surface area contributed by atoms with Crippen molar-refractivity contribution in [2.24, 2.45) is 17.8 Å². The van der Waals surface area contributed by atoms with Gasteiger partial charge in [-0.25, -0.2) is 4.79 Å². The summed E-state index contributed by atoms with van der Waals surface area (Å²) in [5.41, 5.74) is 1.53. The van der Waals surface area contributed by atoms with Gasteiger partial charge in [0.2, 0.25) is 5.91 Å². The number of hydrogen-bond acceptors (Lipinski definition) is 4. The van der Waals surface area contributed by atoms with E-state index in [0.717, 1.165) is 42.5 Å². The van der Waals surface area contributed by atoms with Crippen LogP contribution in [0.25, 0.3) is 10.4 Å². The fourth-order valence-electron chi connectivity index (χ4n) is 5.11. The topological polar surface area (TPSA) is 66.8 Å². The van der Waals surface area contributed by atoms with E-state index in [2.05, 4.69) is 13.8 Å². The summed E-state index contributed by atoms with van der Waals surface area (Å²) in [5.74, 6) is -0.000535. The van der Waals surface area contributed by atoms with Crippen molar-refractivity contribution in [1.82, 2.24) is 0 Å². The molecule has 2 fully saturated rings. The molecular weight excluding hydrogens is 410 g/mol. The summed E-state index contributed by atoms with van der Waals surface area (Å²) in [4.78, 5) is 29.1. The predicted octanol–water partition coefficient (Wildman–Crippen LogP) is 5.70. The maximum absolute atomic E-state index is 13.9. The van der Waals surface area contributed by atoms with Crippen LogP contribution < -0.4 is 4.90 Å². The number of ether oxygens (including phenoxy) is 1. The second kappa shape index (κ2) is 9.53. The SMILES string of the molecule is C[C@@H]1CCC(C(=O)N(c2cc(-c3ccccc3)sc2C(=O)O)C2CCOCC2)[C@@H](C)C1. The molecule has 5 nitrogen and oxygen atoms in total. The Morgan fingerprint density at radius 1 is 1.06 bits per heavy atom. The lowest BCUT2D eigenvalue weighted by Crippen LogP contribution is -2.48. The van der Waals surface area contributed by atoms with Gasteiger partial charge in [-0.1, -0.05) is 44.2 Å². The number of aromatic carboxylic acids is 1. The van der Waals surface area contributed by atoms with E-state index in [-0.39, 0.29) is 22.7 Å². The van der Waals surface area contributed by atoms with Gasteiger partial charge in [-0.2, -0.15) is 0 Å². The van der Waals surface area contributed by atoms with Gasteiger partial charge in [0.25, 0.3) is 0 Å². The van der Waals surface area contributed by atoms with E-state index in [9.17, 15) is 14.7 Å². The third kappa shape index (κ3) is 4.70. The standard InChI is InChI=1S/C25H31NO4S/c1-16-8-9-20(17(2)14-16)24(27)26(19-10-12-30-13-11-19)21-15-22(31-23(21)25(28)29)18-6-4-3-5-7-18/h3-7,15-17,19-20H,8-14H2,1-2H3,(H,28,29)/t16-,17+,20?/m1/s1. The Morgan fingerprint density at radius 3 is 2.42 bits per heavy atom. The van der Waals surface area contributed by atoms with Crippen LogP contribution in [0, 0.1) is 17.8 Å². The Kier molecular flexibility index (Phi) is 6.77. The molecular formula is C25H31NO4S. The van der Waals surface area contributed by atoms with Gasteiger partial charge >= 0.3 is 5.97 Å². The van der Waals surface area contributed by atoms with Crippen LogP contribution in [0.1, 0.15) is 55.6 Å². The van der Waals surface area contributed by atoms with Crippen molar-refractivity contribution in [3.63, 3.8) is 0 Å². The molecule has 4 rings (SSSR count). The van der Waals surface area contributed by atoms with Crippen molar-refractivity contribution in [2.75, 3.05) is 18.1 Å². The minimum absolute atomic E-state index is 0.0240. The molecule has 1 N–H and O–H groups in total. The van der Waals surface area contributed by atoms with Gasteiger partial charge in [0.15, 0.2) is 0 Å². The average molecular weight is 442 g/mol. The molecule has 3 atom stereocenters. The van der Waals surface area contributed by atoms with Crippen molar-refractivity contribution in [3.05, 3.63) is 41.3 Å². The van der Waals surface area contributed by atoms with E-state index in [0.29, 0.717) is 30.7 Å². The van der Waals surface area contributed by atoms with Gasteiger partial charge in [0, 0.05) is 30.1 Å². The van der Waals surface area contributed by atoms with Gasteiger partial charge < -0.3 is 14.7 Å². The lowest BCUT2D eigenvalue weighted by atomic mass is 9.74. The minimum atomic E-state index is -0.975. The molecule has 1 amide bonds. The van der Waals surface area contributed by atoms with Crippen LogP contribution in [0.4, 0.5) is 5.69 Å². The van der Waals surface area contributed by atoms with Gasteiger partial charge in [-0.05, 0) is 55.6 Å². The van der Waals surface area contributed by atoms with Crippen molar-refractivity contribution in [1.29, 1.82) is 0 Å². The Morgan fingerprint density at radius 2 is 1.77 bits per heavy atom. The third-order valence-electron chi connectivity index (χ3n) is 6.77. The van der Waals surface area contributed by atoms with Crippen LogP contribution in [0.2, 0.25) is 0 Å². The van der Waals surface area contributed by atoms with E-state index >= 15 is 0 Å². The van der Waals surface area contributed by atoms with E-state index in [4.69, 9.17) is 4.74 Å². The number of carbonyl (C=O) groups excluding carboxylic acids is 1. The highest BCUT2D eigenvalue weighted by Gasteiger charge is 2.39. The summed E-state index contributed by atoms with van der Waals surface area (Å²) in [6.07, 6.45) is 4.44. The molecule has 1 aromatic heterocycles. The first kappa shape index (κ1) is 22.0. The number of carboxylic acid groups (broad SMARTS) is 1. The Balaban J connectivity index is 1.75. The number of hydrogen-bond donors (Lipinski definition) is 1. The number of nitrogens with zero attached hydrogens (tertiary/aromatic N) is 1. The minimum Gasteiger partial charge on any atom is -0.477 e. The number of carboxylic acids is 1. The molecule has 1 aromatic carbocycles. The average Bonchev–Trinajstić information content (AvgIpc) is 3.20. The molecule has 1 saturated heterocycles. The van der Waals surface area contributed by atoms with Gasteiger partial charge in [0.05, 0.1) is 5.69 Å². The number of amides is 1. The molecule has 1 aliphatic carbocycles. The molecule has 166 valence electrons. The molecule has 0 radical (unpaired) electrons. The summed E-state index contributed by atoms with van der Waals surface area (Å²) in [7, 11) is 0. The number of thiophene rings is 1. The second-order valence-electron chi connectivity index (χ2n) is 9.05. The van der Waals surface area contributed by atoms with Gasteiger partial charge in [0.1, 0.15) is 4.88 Å². The van der Waals surface area contributed by atoms with Crippen LogP contribution in [-0.4, -0.2) is 36.2 Å². The molecule has 6 heteroatoms. The molecule has 1 unspecified atom stereocenters. The Hall–Kier alpha value is -2.18. The zero-order chi connectivity index (χ0) is 22.0. The molecule has 1 saturated carbocycles. The smallest absolute Gasteiger partial charge is 0.348 e. The predicted molar refractivity (Wildman–Crippen MR) is 124 cm³/mol. The van der Waals surface area contributed by atoms with E-state index < -0.39 is 5.97 Å². The van der Waals surface area contributed by atoms with Crippen LogP contribution in [0.3, 0.4) is 0 Å². The summed E-state index contributed by atoms with van der Waals surface area (Å²) < 4.78 is 5.55. The van der Waals surface area contributed by atoms with Crippen LogP contribution in [-0.2, 0) is 9.53 Å². The first-order valence-electron chi connectivity index (χ1n) is 11.3. The number of rotatable bonds is 5.